The van der Waals surface area contributed by atoms with E-state index in [2.05, 4.69) is 44.3 Å². The van der Waals surface area contributed by atoms with Crippen LogP contribution in [0.5, 0.6) is 0 Å². The molecule has 1 aromatic rings. The quantitative estimate of drug-likeness (QED) is 0.748. The van der Waals surface area contributed by atoms with Crippen molar-refractivity contribution in [2.45, 2.75) is 26.7 Å². The van der Waals surface area contributed by atoms with E-state index < -0.39 is 0 Å². The van der Waals surface area contributed by atoms with Crippen LogP contribution < -0.4 is 5.32 Å². The van der Waals surface area contributed by atoms with Crippen molar-refractivity contribution in [1.82, 2.24) is 5.32 Å². The lowest BCUT2D eigenvalue weighted by molar-refractivity contribution is 0.865. The molecular weight excluding hydrogens is 190 g/mol. The van der Waals surface area contributed by atoms with Crippen LogP contribution in [0.2, 0.25) is 0 Å². The van der Waals surface area contributed by atoms with Gasteiger partial charge in [0.1, 0.15) is 4.99 Å². The number of hydrogen-bond donors (Lipinski definition) is 1. The second-order valence-corrected chi connectivity index (χ2v) is 4.22. The van der Waals surface area contributed by atoms with Crippen LogP contribution in [0.4, 0.5) is 0 Å². The fourth-order valence-electron chi connectivity index (χ4n) is 1.38. The van der Waals surface area contributed by atoms with Gasteiger partial charge in [0, 0.05) is 12.6 Å². The number of rotatable bonds is 2. The first-order valence-electron chi connectivity index (χ1n) is 4.89. The summed E-state index contributed by atoms with van der Waals surface area (Å²) < 4.78 is 0. The normalized spacial score (nSPS) is 10.4. The summed E-state index contributed by atoms with van der Waals surface area (Å²) in [7, 11) is 1.86. The van der Waals surface area contributed by atoms with E-state index in [-0.39, 0.29) is 0 Å². The molecule has 0 saturated heterocycles. The highest BCUT2D eigenvalue weighted by molar-refractivity contribution is 7.80. The van der Waals surface area contributed by atoms with Gasteiger partial charge < -0.3 is 5.32 Å². The summed E-state index contributed by atoms with van der Waals surface area (Å²) >= 11 is 5.24. The fraction of sp³-hybridized carbons (Fsp3) is 0.417. The van der Waals surface area contributed by atoms with Crippen LogP contribution in [0, 0.1) is 6.92 Å². The summed E-state index contributed by atoms with van der Waals surface area (Å²) in [6.07, 6.45) is 0. The monoisotopic (exact) mass is 207 g/mol. The first-order valence-corrected chi connectivity index (χ1v) is 5.29. The van der Waals surface area contributed by atoms with Gasteiger partial charge in [-0.25, -0.2) is 0 Å². The van der Waals surface area contributed by atoms with Gasteiger partial charge in [-0.1, -0.05) is 38.2 Å². The summed E-state index contributed by atoms with van der Waals surface area (Å²) in [4.78, 5) is 0.824. The van der Waals surface area contributed by atoms with Crippen molar-refractivity contribution in [2.75, 3.05) is 7.05 Å². The molecular formula is C12H17NS. The van der Waals surface area contributed by atoms with Crippen molar-refractivity contribution in [1.29, 1.82) is 0 Å². The molecule has 0 aliphatic heterocycles. The highest BCUT2D eigenvalue weighted by atomic mass is 32.1. The van der Waals surface area contributed by atoms with Crippen LogP contribution in [-0.2, 0) is 0 Å². The zero-order chi connectivity index (χ0) is 10.7. The maximum Gasteiger partial charge on any atom is 0.106 e. The highest BCUT2D eigenvalue weighted by Gasteiger charge is 2.06. The largest absolute Gasteiger partial charge is 0.379 e. The predicted molar refractivity (Wildman–Crippen MR) is 66.0 cm³/mol. The molecule has 76 valence electrons. The molecule has 1 N–H and O–H groups in total. The van der Waals surface area contributed by atoms with E-state index in [9.17, 15) is 0 Å². The Kier molecular flexibility index (Phi) is 3.64. The zero-order valence-corrected chi connectivity index (χ0v) is 10.0. The second-order valence-electron chi connectivity index (χ2n) is 3.81. The molecule has 0 heterocycles. The molecule has 1 nitrogen and oxygen atoms in total. The lowest BCUT2D eigenvalue weighted by atomic mass is 9.98. The molecule has 0 unspecified atom stereocenters. The van der Waals surface area contributed by atoms with E-state index in [0.717, 1.165) is 10.6 Å². The predicted octanol–water partition coefficient (Wildman–Crippen LogP) is 3.01. The van der Waals surface area contributed by atoms with Crippen molar-refractivity contribution in [3.8, 4) is 0 Å². The summed E-state index contributed by atoms with van der Waals surface area (Å²) in [5.41, 5.74) is 3.71. The van der Waals surface area contributed by atoms with Crippen LogP contribution in [-0.4, -0.2) is 12.0 Å². The van der Waals surface area contributed by atoms with Gasteiger partial charge in [0.25, 0.3) is 0 Å². The zero-order valence-electron chi connectivity index (χ0n) is 9.22. The van der Waals surface area contributed by atoms with Crippen molar-refractivity contribution < 1.29 is 0 Å². The van der Waals surface area contributed by atoms with Gasteiger partial charge in [-0.3, -0.25) is 0 Å². The molecule has 0 bridgehead atoms. The van der Waals surface area contributed by atoms with Gasteiger partial charge in [0.15, 0.2) is 0 Å². The van der Waals surface area contributed by atoms with Crippen LogP contribution in [0.1, 0.15) is 36.5 Å². The van der Waals surface area contributed by atoms with Crippen molar-refractivity contribution in [3.05, 3.63) is 34.9 Å². The molecule has 1 rings (SSSR count). The molecule has 0 aliphatic carbocycles. The minimum absolute atomic E-state index is 0.550. The molecule has 0 aromatic heterocycles. The molecule has 0 aliphatic rings. The minimum atomic E-state index is 0.550. The van der Waals surface area contributed by atoms with E-state index in [1.807, 2.05) is 7.05 Å². The molecule has 0 saturated carbocycles. The standard InChI is InChI=1S/C12H17NS/c1-8(2)10-6-5-9(3)11(7-10)12(14)13-4/h5-8H,1-4H3,(H,13,14). The first-order chi connectivity index (χ1) is 6.56. The highest BCUT2D eigenvalue weighted by Crippen LogP contribution is 2.18. The van der Waals surface area contributed by atoms with E-state index in [1.54, 1.807) is 0 Å². The third-order valence-electron chi connectivity index (χ3n) is 2.40. The Morgan fingerprint density at radius 3 is 2.50 bits per heavy atom. The smallest absolute Gasteiger partial charge is 0.106 e. The topological polar surface area (TPSA) is 12.0 Å². The number of hydrogen-bond acceptors (Lipinski definition) is 1. The lowest BCUT2D eigenvalue weighted by Gasteiger charge is -2.11. The second kappa shape index (κ2) is 4.56. The Labute approximate surface area is 91.5 Å². The van der Waals surface area contributed by atoms with Gasteiger partial charge in [0.05, 0.1) is 0 Å². The molecule has 14 heavy (non-hydrogen) atoms. The molecule has 0 atom stereocenters. The molecule has 0 radical (unpaired) electrons. The maximum atomic E-state index is 5.24. The number of nitrogens with one attached hydrogen (secondary N) is 1. The van der Waals surface area contributed by atoms with Gasteiger partial charge in [0.2, 0.25) is 0 Å². The summed E-state index contributed by atoms with van der Waals surface area (Å²) in [6.45, 7) is 6.47. The summed E-state index contributed by atoms with van der Waals surface area (Å²) in [5.74, 6) is 0.550. The van der Waals surface area contributed by atoms with E-state index >= 15 is 0 Å². The van der Waals surface area contributed by atoms with Crippen LogP contribution in [0.15, 0.2) is 18.2 Å². The Morgan fingerprint density at radius 1 is 1.36 bits per heavy atom. The molecule has 0 amide bonds. The maximum absolute atomic E-state index is 5.24. The Bertz CT molecular complexity index is 342. The average molecular weight is 207 g/mol. The third kappa shape index (κ3) is 2.32. The SMILES string of the molecule is CNC(=S)c1cc(C(C)C)ccc1C. The van der Waals surface area contributed by atoms with Crippen molar-refractivity contribution in [3.63, 3.8) is 0 Å². The van der Waals surface area contributed by atoms with Crippen LogP contribution in [0.3, 0.4) is 0 Å². The number of aryl methyl sites for hydroxylation is 1. The van der Waals surface area contributed by atoms with Gasteiger partial charge in [-0.2, -0.15) is 0 Å². The van der Waals surface area contributed by atoms with Crippen molar-refractivity contribution in [2.24, 2.45) is 0 Å². The number of benzene rings is 1. The molecule has 1 aromatic carbocycles. The summed E-state index contributed by atoms with van der Waals surface area (Å²) in [6, 6.07) is 6.48. The van der Waals surface area contributed by atoms with Gasteiger partial charge in [-0.05, 0) is 30.0 Å². The molecule has 0 spiro atoms. The summed E-state index contributed by atoms with van der Waals surface area (Å²) in [5, 5.41) is 3.02. The first kappa shape index (κ1) is 11.2. The molecule has 2 heteroatoms. The van der Waals surface area contributed by atoms with Gasteiger partial charge in [-0.15, -0.1) is 0 Å². The van der Waals surface area contributed by atoms with Gasteiger partial charge >= 0.3 is 0 Å². The van der Waals surface area contributed by atoms with E-state index in [4.69, 9.17) is 12.2 Å². The van der Waals surface area contributed by atoms with E-state index in [1.165, 1.54) is 11.1 Å². The van der Waals surface area contributed by atoms with Crippen molar-refractivity contribution >= 4 is 17.2 Å². The Hall–Kier alpha value is -0.890. The fourth-order valence-corrected chi connectivity index (χ4v) is 1.60. The Morgan fingerprint density at radius 2 is 2.00 bits per heavy atom. The van der Waals surface area contributed by atoms with E-state index in [0.29, 0.717) is 5.92 Å². The lowest BCUT2D eigenvalue weighted by Crippen LogP contribution is -2.17. The minimum Gasteiger partial charge on any atom is -0.379 e. The van der Waals surface area contributed by atoms with Crippen LogP contribution in [0.25, 0.3) is 0 Å². The average Bonchev–Trinajstić information content (AvgIpc) is 2.17. The van der Waals surface area contributed by atoms with Crippen LogP contribution >= 0.6 is 12.2 Å². The molecule has 0 fully saturated rings. The number of thiocarbonyl (C=S) groups is 1. The Balaban J connectivity index is 3.15. The third-order valence-corrected chi connectivity index (χ3v) is 2.82.